The highest BCUT2D eigenvalue weighted by Crippen LogP contribution is 2.23. The molecule has 0 aliphatic rings. The standard InChI is InChI=1S/C11H16ClNO3S/c1-16-6-2-3-7-17(14,15)9-4-5-11(13)10(12)8-9/h4-5,8H,2-3,6-7,13H2,1H3. The smallest absolute Gasteiger partial charge is 0.178 e. The Balaban J connectivity index is 2.72. The van der Waals surface area contributed by atoms with Gasteiger partial charge in [-0.15, -0.1) is 0 Å². The third-order valence-electron chi connectivity index (χ3n) is 2.34. The molecule has 0 aliphatic carbocycles. The number of nitrogens with two attached hydrogens (primary N) is 1. The number of rotatable bonds is 6. The summed E-state index contributed by atoms with van der Waals surface area (Å²) < 4.78 is 28.7. The molecule has 0 atom stereocenters. The molecule has 0 unspecified atom stereocenters. The van der Waals surface area contributed by atoms with Crippen molar-refractivity contribution in [2.45, 2.75) is 17.7 Å². The number of hydrogen-bond acceptors (Lipinski definition) is 4. The molecule has 0 fully saturated rings. The van der Waals surface area contributed by atoms with Gasteiger partial charge in [0.05, 0.1) is 21.4 Å². The molecule has 1 aromatic rings. The summed E-state index contributed by atoms with van der Waals surface area (Å²) in [5.74, 6) is 0.0939. The molecule has 0 bridgehead atoms. The van der Waals surface area contributed by atoms with Gasteiger partial charge in [0, 0.05) is 13.7 Å². The molecule has 1 aromatic carbocycles. The molecule has 0 saturated carbocycles. The highest BCUT2D eigenvalue weighted by molar-refractivity contribution is 7.91. The molecular formula is C11H16ClNO3S. The Morgan fingerprint density at radius 1 is 1.35 bits per heavy atom. The largest absolute Gasteiger partial charge is 0.398 e. The van der Waals surface area contributed by atoms with Crippen LogP contribution in [0, 0.1) is 0 Å². The number of benzene rings is 1. The van der Waals surface area contributed by atoms with Crippen molar-refractivity contribution in [3.05, 3.63) is 23.2 Å². The van der Waals surface area contributed by atoms with Crippen LogP contribution in [0.3, 0.4) is 0 Å². The minimum absolute atomic E-state index is 0.0939. The molecule has 17 heavy (non-hydrogen) atoms. The lowest BCUT2D eigenvalue weighted by atomic mass is 10.3. The van der Waals surface area contributed by atoms with E-state index >= 15 is 0 Å². The Kier molecular flexibility index (Phi) is 5.24. The minimum Gasteiger partial charge on any atom is -0.398 e. The predicted octanol–water partition coefficient (Wildman–Crippen LogP) is 2.12. The lowest BCUT2D eigenvalue weighted by Gasteiger charge is -2.06. The average molecular weight is 278 g/mol. The number of ether oxygens (including phenoxy) is 1. The van der Waals surface area contributed by atoms with E-state index in [2.05, 4.69) is 0 Å². The van der Waals surface area contributed by atoms with E-state index in [-0.39, 0.29) is 15.7 Å². The molecular weight excluding hydrogens is 262 g/mol. The summed E-state index contributed by atoms with van der Waals surface area (Å²) in [5, 5.41) is 0.267. The first kappa shape index (κ1) is 14.3. The van der Waals surface area contributed by atoms with Crippen molar-refractivity contribution < 1.29 is 13.2 Å². The summed E-state index contributed by atoms with van der Waals surface area (Å²) >= 11 is 5.79. The number of halogens is 1. The quantitative estimate of drug-likeness (QED) is 0.639. The summed E-state index contributed by atoms with van der Waals surface area (Å²) in [6.45, 7) is 0.567. The van der Waals surface area contributed by atoms with Crippen LogP contribution in [0.1, 0.15) is 12.8 Å². The van der Waals surface area contributed by atoms with Crippen LogP contribution in [0.4, 0.5) is 5.69 Å². The zero-order valence-corrected chi connectivity index (χ0v) is 11.2. The van der Waals surface area contributed by atoms with Crippen molar-refractivity contribution in [2.75, 3.05) is 25.2 Å². The second-order valence-electron chi connectivity index (χ2n) is 3.70. The van der Waals surface area contributed by atoms with Crippen LogP contribution in [-0.4, -0.2) is 27.9 Å². The first-order valence-electron chi connectivity index (χ1n) is 5.24. The van der Waals surface area contributed by atoms with Crippen molar-refractivity contribution in [1.29, 1.82) is 0 Å². The zero-order chi connectivity index (χ0) is 12.9. The van der Waals surface area contributed by atoms with Crippen LogP contribution >= 0.6 is 11.6 Å². The number of hydrogen-bond donors (Lipinski definition) is 1. The highest BCUT2D eigenvalue weighted by Gasteiger charge is 2.14. The van der Waals surface area contributed by atoms with Gasteiger partial charge in [-0.25, -0.2) is 8.42 Å². The molecule has 0 aliphatic heterocycles. The van der Waals surface area contributed by atoms with E-state index < -0.39 is 9.84 Å². The van der Waals surface area contributed by atoms with E-state index in [0.717, 1.165) is 6.42 Å². The lowest BCUT2D eigenvalue weighted by molar-refractivity contribution is 0.194. The van der Waals surface area contributed by atoms with E-state index in [1.54, 1.807) is 7.11 Å². The van der Waals surface area contributed by atoms with Crippen LogP contribution in [-0.2, 0) is 14.6 Å². The average Bonchev–Trinajstić information content (AvgIpc) is 2.28. The maximum absolute atomic E-state index is 11.9. The van der Waals surface area contributed by atoms with Gasteiger partial charge < -0.3 is 10.5 Å². The third kappa shape index (κ3) is 4.18. The lowest BCUT2D eigenvalue weighted by Crippen LogP contribution is -2.08. The van der Waals surface area contributed by atoms with Gasteiger partial charge in [0.1, 0.15) is 0 Å². The fraction of sp³-hybridized carbons (Fsp3) is 0.455. The molecule has 0 radical (unpaired) electrons. The Hall–Kier alpha value is -0.780. The minimum atomic E-state index is -3.28. The van der Waals surface area contributed by atoms with Gasteiger partial charge >= 0.3 is 0 Å². The molecule has 2 N–H and O–H groups in total. The Morgan fingerprint density at radius 3 is 2.65 bits per heavy atom. The maximum Gasteiger partial charge on any atom is 0.178 e. The molecule has 6 heteroatoms. The number of anilines is 1. The van der Waals surface area contributed by atoms with Gasteiger partial charge in [-0.3, -0.25) is 0 Å². The topological polar surface area (TPSA) is 69.4 Å². The van der Waals surface area contributed by atoms with Crippen LogP contribution in [0.25, 0.3) is 0 Å². The van der Waals surface area contributed by atoms with Crippen molar-refractivity contribution in [2.24, 2.45) is 0 Å². The third-order valence-corrected chi connectivity index (χ3v) is 4.47. The summed E-state index contributed by atoms with van der Waals surface area (Å²) in [6, 6.07) is 4.37. The first-order chi connectivity index (χ1) is 7.97. The van der Waals surface area contributed by atoms with Crippen molar-refractivity contribution >= 4 is 27.1 Å². The predicted molar refractivity (Wildman–Crippen MR) is 69.0 cm³/mol. The summed E-state index contributed by atoms with van der Waals surface area (Å²) in [7, 11) is -1.68. The molecule has 0 saturated heterocycles. The number of sulfone groups is 1. The number of nitrogen functional groups attached to an aromatic ring is 1. The fourth-order valence-electron chi connectivity index (χ4n) is 1.36. The fourth-order valence-corrected chi connectivity index (χ4v) is 3.00. The summed E-state index contributed by atoms with van der Waals surface area (Å²) in [5.41, 5.74) is 5.91. The van der Waals surface area contributed by atoms with Gasteiger partial charge in [-0.1, -0.05) is 11.6 Å². The molecule has 0 amide bonds. The van der Waals surface area contributed by atoms with Gasteiger partial charge in [0.15, 0.2) is 9.84 Å². The van der Waals surface area contributed by atoms with Crippen molar-refractivity contribution in [3.63, 3.8) is 0 Å². The monoisotopic (exact) mass is 277 g/mol. The van der Waals surface area contributed by atoms with E-state index in [0.29, 0.717) is 18.7 Å². The first-order valence-corrected chi connectivity index (χ1v) is 7.27. The Morgan fingerprint density at radius 2 is 2.06 bits per heavy atom. The van der Waals surface area contributed by atoms with E-state index in [4.69, 9.17) is 22.1 Å². The van der Waals surface area contributed by atoms with E-state index in [9.17, 15) is 8.42 Å². The second kappa shape index (κ2) is 6.23. The zero-order valence-electron chi connectivity index (χ0n) is 9.65. The molecule has 0 aromatic heterocycles. The maximum atomic E-state index is 11.9. The number of methoxy groups -OCH3 is 1. The molecule has 96 valence electrons. The van der Waals surface area contributed by atoms with Gasteiger partial charge in [-0.2, -0.15) is 0 Å². The van der Waals surface area contributed by atoms with Crippen LogP contribution in [0.2, 0.25) is 5.02 Å². The van der Waals surface area contributed by atoms with Crippen LogP contribution < -0.4 is 5.73 Å². The number of unbranched alkanes of at least 4 members (excludes halogenated alkanes) is 1. The highest BCUT2D eigenvalue weighted by atomic mass is 35.5. The van der Waals surface area contributed by atoms with Crippen molar-refractivity contribution in [3.8, 4) is 0 Å². The SMILES string of the molecule is COCCCCS(=O)(=O)c1ccc(N)c(Cl)c1. The van der Waals surface area contributed by atoms with Gasteiger partial charge in [0.2, 0.25) is 0 Å². The molecule has 4 nitrogen and oxygen atoms in total. The molecule has 0 spiro atoms. The summed E-state index contributed by atoms with van der Waals surface area (Å²) in [6.07, 6.45) is 1.29. The van der Waals surface area contributed by atoms with Crippen LogP contribution in [0.15, 0.2) is 23.1 Å². The van der Waals surface area contributed by atoms with Gasteiger partial charge in [-0.05, 0) is 31.0 Å². The Labute approximate surface area is 107 Å². The summed E-state index contributed by atoms with van der Waals surface area (Å²) in [4.78, 5) is 0.217. The molecule has 1 rings (SSSR count). The Bertz CT molecular complexity index is 474. The normalized spacial score (nSPS) is 11.6. The van der Waals surface area contributed by atoms with E-state index in [1.165, 1.54) is 18.2 Å². The second-order valence-corrected chi connectivity index (χ2v) is 6.22. The van der Waals surface area contributed by atoms with Crippen molar-refractivity contribution in [1.82, 2.24) is 0 Å². The molecule has 0 heterocycles. The van der Waals surface area contributed by atoms with Crippen LogP contribution in [0.5, 0.6) is 0 Å². The van der Waals surface area contributed by atoms with E-state index in [1.807, 2.05) is 0 Å². The van der Waals surface area contributed by atoms with Gasteiger partial charge in [0.25, 0.3) is 0 Å².